The molecule has 0 aromatic heterocycles. The number of carbonyl (C=O) groups is 1. The largest absolute Gasteiger partial charge is 0.420 e. The first-order valence-electron chi connectivity index (χ1n) is 6.14. The van der Waals surface area contributed by atoms with Crippen LogP contribution in [0.3, 0.4) is 0 Å². The highest BCUT2D eigenvalue weighted by atomic mass is 16.7. The first-order valence-corrected chi connectivity index (χ1v) is 6.14. The second kappa shape index (κ2) is 12.6. The molecule has 0 aromatic rings. The van der Waals surface area contributed by atoms with Gasteiger partial charge in [0.25, 0.3) is 0 Å². The van der Waals surface area contributed by atoms with Crippen molar-refractivity contribution in [3.05, 3.63) is 0 Å². The Bertz CT molecular complexity index is 204. The van der Waals surface area contributed by atoms with E-state index in [-0.39, 0.29) is 0 Å². The van der Waals surface area contributed by atoms with E-state index in [1.807, 2.05) is 6.92 Å². The highest BCUT2D eigenvalue weighted by molar-refractivity contribution is 5.64. The Morgan fingerprint density at radius 3 is 2.28 bits per heavy atom. The fourth-order valence-corrected chi connectivity index (χ4v) is 1.11. The van der Waals surface area contributed by atoms with Crippen molar-refractivity contribution in [1.82, 2.24) is 0 Å². The monoisotopic (exact) mass is 264 g/mol. The van der Waals surface area contributed by atoms with Gasteiger partial charge in [0.15, 0.2) is 0 Å². The summed E-state index contributed by atoms with van der Waals surface area (Å²) in [5, 5.41) is 0. The van der Waals surface area contributed by atoms with Gasteiger partial charge >= 0.3 is 6.09 Å². The molecule has 7 nitrogen and oxygen atoms in total. The maximum absolute atomic E-state index is 10.5. The molecule has 0 aliphatic heterocycles. The molecule has 4 N–H and O–H groups in total. The molecule has 0 spiro atoms. The molecule has 0 saturated heterocycles. The third-order valence-electron chi connectivity index (χ3n) is 1.98. The quantitative estimate of drug-likeness (QED) is 0.386. The third kappa shape index (κ3) is 11.6. The lowest BCUT2D eigenvalue weighted by Gasteiger charge is -2.15. The summed E-state index contributed by atoms with van der Waals surface area (Å²) in [5.41, 5.74) is 10.2. The first-order chi connectivity index (χ1) is 8.70. The standard InChI is InChI=1S/C11H24N2O5/c1-2-10(18-11(13)14)17-9-8-16-7-6-15-5-3-4-12/h10H,2-9,12H2,1H3,(H2,13,14). The van der Waals surface area contributed by atoms with Gasteiger partial charge in [0.1, 0.15) is 0 Å². The molecule has 1 amide bonds. The Morgan fingerprint density at radius 2 is 1.72 bits per heavy atom. The fraction of sp³-hybridized carbons (Fsp3) is 0.909. The highest BCUT2D eigenvalue weighted by Gasteiger charge is 2.09. The molecule has 1 atom stereocenters. The number of hydrogen-bond acceptors (Lipinski definition) is 6. The molecule has 7 heteroatoms. The van der Waals surface area contributed by atoms with Gasteiger partial charge < -0.3 is 30.4 Å². The molecule has 1 unspecified atom stereocenters. The Balaban J connectivity index is 3.25. The average Bonchev–Trinajstić information content (AvgIpc) is 2.35. The molecular weight excluding hydrogens is 240 g/mol. The first kappa shape index (κ1) is 17.1. The molecule has 0 saturated carbocycles. The zero-order valence-electron chi connectivity index (χ0n) is 10.9. The third-order valence-corrected chi connectivity index (χ3v) is 1.98. The molecule has 0 bridgehead atoms. The summed E-state index contributed by atoms with van der Waals surface area (Å²) < 4.78 is 20.4. The SMILES string of the molecule is CCC(OCCOCCOCCCN)OC(N)=O. The van der Waals surface area contributed by atoms with E-state index >= 15 is 0 Å². The van der Waals surface area contributed by atoms with E-state index in [1.165, 1.54) is 0 Å². The number of rotatable bonds is 12. The predicted octanol–water partition coefficient (Wildman–Crippen LogP) is 0.216. The lowest BCUT2D eigenvalue weighted by atomic mass is 10.5. The van der Waals surface area contributed by atoms with Crippen LogP contribution in [0.1, 0.15) is 19.8 Å². The van der Waals surface area contributed by atoms with Crippen LogP contribution in [0.15, 0.2) is 0 Å². The molecular formula is C11H24N2O5. The molecule has 0 fully saturated rings. The second-order valence-corrected chi connectivity index (χ2v) is 3.51. The van der Waals surface area contributed by atoms with Gasteiger partial charge in [0.05, 0.1) is 26.4 Å². The highest BCUT2D eigenvalue weighted by Crippen LogP contribution is 1.99. The summed E-state index contributed by atoms with van der Waals surface area (Å²) >= 11 is 0. The van der Waals surface area contributed by atoms with Gasteiger partial charge in [-0.25, -0.2) is 4.79 Å². The Hall–Kier alpha value is -0.890. The summed E-state index contributed by atoms with van der Waals surface area (Å²) in [6, 6.07) is 0. The van der Waals surface area contributed by atoms with Crippen LogP contribution in [0.2, 0.25) is 0 Å². The summed E-state index contributed by atoms with van der Waals surface area (Å²) in [5.74, 6) is 0. The van der Waals surface area contributed by atoms with Crippen LogP contribution in [0.4, 0.5) is 4.79 Å². The molecule has 0 aromatic carbocycles. The lowest BCUT2D eigenvalue weighted by Crippen LogP contribution is -2.26. The van der Waals surface area contributed by atoms with E-state index in [0.29, 0.717) is 46.0 Å². The van der Waals surface area contributed by atoms with Crippen LogP contribution >= 0.6 is 0 Å². The maximum atomic E-state index is 10.5. The van der Waals surface area contributed by atoms with E-state index in [9.17, 15) is 4.79 Å². The summed E-state index contributed by atoms with van der Waals surface area (Å²) in [7, 11) is 0. The van der Waals surface area contributed by atoms with E-state index in [4.69, 9.17) is 30.4 Å². The van der Waals surface area contributed by atoms with Crippen molar-refractivity contribution in [2.24, 2.45) is 11.5 Å². The minimum Gasteiger partial charge on any atom is -0.420 e. The maximum Gasteiger partial charge on any atom is 0.406 e. The summed E-state index contributed by atoms with van der Waals surface area (Å²) in [6.07, 6.45) is -0.0420. The minimum absolute atomic E-state index is 0.342. The molecule has 0 aliphatic rings. The topological polar surface area (TPSA) is 106 Å². The van der Waals surface area contributed by atoms with Crippen molar-refractivity contribution >= 4 is 6.09 Å². The zero-order chi connectivity index (χ0) is 13.6. The smallest absolute Gasteiger partial charge is 0.406 e. The second-order valence-electron chi connectivity index (χ2n) is 3.51. The number of hydrogen-bond donors (Lipinski definition) is 2. The number of carbonyl (C=O) groups excluding carboxylic acids is 1. The van der Waals surface area contributed by atoms with E-state index in [1.54, 1.807) is 0 Å². The Morgan fingerprint density at radius 1 is 1.11 bits per heavy atom. The van der Waals surface area contributed by atoms with Crippen molar-refractivity contribution in [1.29, 1.82) is 0 Å². The van der Waals surface area contributed by atoms with E-state index in [0.717, 1.165) is 6.42 Å². The van der Waals surface area contributed by atoms with Crippen LogP contribution in [0.5, 0.6) is 0 Å². The van der Waals surface area contributed by atoms with Gasteiger partial charge in [-0.2, -0.15) is 0 Å². The van der Waals surface area contributed by atoms with Crippen molar-refractivity contribution in [2.75, 3.05) is 39.6 Å². The van der Waals surface area contributed by atoms with Gasteiger partial charge in [-0.15, -0.1) is 0 Å². The Labute approximate surface area is 108 Å². The normalized spacial score (nSPS) is 12.3. The summed E-state index contributed by atoms with van der Waals surface area (Å²) in [4.78, 5) is 10.5. The Kier molecular flexibility index (Phi) is 11.9. The molecule has 0 radical (unpaired) electrons. The molecule has 108 valence electrons. The number of primary amides is 1. The van der Waals surface area contributed by atoms with Crippen LogP contribution in [0, 0.1) is 0 Å². The molecule has 0 heterocycles. The molecule has 0 rings (SSSR count). The minimum atomic E-state index is -0.837. The number of nitrogens with two attached hydrogens (primary N) is 2. The zero-order valence-corrected chi connectivity index (χ0v) is 10.9. The average molecular weight is 264 g/mol. The van der Waals surface area contributed by atoms with Crippen molar-refractivity contribution < 1.29 is 23.7 Å². The number of ether oxygens (including phenoxy) is 4. The van der Waals surface area contributed by atoms with E-state index < -0.39 is 12.4 Å². The van der Waals surface area contributed by atoms with Crippen LogP contribution in [-0.2, 0) is 18.9 Å². The van der Waals surface area contributed by atoms with Gasteiger partial charge in [0, 0.05) is 13.0 Å². The predicted molar refractivity (Wildman–Crippen MR) is 66.0 cm³/mol. The molecule has 18 heavy (non-hydrogen) atoms. The van der Waals surface area contributed by atoms with E-state index in [2.05, 4.69) is 0 Å². The van der Waals surface area contributed by atoms with Crippen molar-refractivity contribution in [3.63, 3.8) is 0 Å². The fourth-order valence-electron chi connectivity index (χ4n) is 1.11. The van der Waals surface area contributed by atoms with Crippen LogP contribution in [-0.4, -0.2) is 52.0 Å². The van der Waals surface area contributed by atoms with Crippen LogP contribution in [0.25, 0.3) is 0 Å². The van der Waals surface area contributed by atoms with Crippen molar-refractivity contribution in [2.45, 2.75) is 26.1 Å². The van der Waals surface area contributed by atoms with Gasteiger partial charge in [-0.05, 0) is 13.0 Å². The lowest BCUT2D eigenvalue weighted by molar-refractivity contribution is -0.116. The van der Waals surface area contributed by atoms with Gasteiger partial charge in [-0.1, -0.05) is 6.92 Å². The molecule has 0 aliphatic carbocycles. The van der Waals surface area contributed by atoms with Crippen molar-refractivity contribution in [3.8, 4) is 0 Å². The van der Waals surface area contributed by atoms with Gasteiger partial charge in [0.2, 0.25) is 6.29 Å². The van der Waals surface area contributed by atoms with Gasteiger partial charge in [-0.3, -0.25) is 0 Å². The summed E-state index contributed by atoms with van der Waals surface area (Å²) in [6.45, 7) is 4.91. The van der Waals surface area contributed by atoms with Crippen LogP contribution < -0.4 is 11.5 Å². The number of amides is 1.